The number of aromatic nitrogens is 2. The summed E-state index contributed by atoms with van der Waals surface area (Å²) in [5.74, 6) is 0.311. The summed E-state index contributed by atoms with van der Waals surface area (Å²) in [6.07, 6.45) is 15.0. The lowest BCUT2D eigenvalue weighted by molar-refractivity contribution is 0.108. The number of nitrogens with two attached hydrogens (primary N) is 1. The van der Waals surface area contributed by atoms with E-state index in [1.165, 1.54) is 29.8 Å². The van der Waals surface area contributed by atoms with E-state index in [0.29, 0.717) is 30.9 Å². The lowest BCUT2D eigenvalue weighted by atomic mass is 9.92. The van der Waals surface area contributed by atoms with Crippen LogP contribution in [0.25, 0.3) is 32.8 Å². The van der Waals surface area contributed by atoms with Gasteiger partial charge in [-0.3, -0.25) is 4.90 Å². The molecule has 0 spiro atoms. The maximum absolute atomic E-state index is 16.9. The van der Waals surface area contributed by atoms with Crippen LogP contribution < -0.4 is 20.7 Å². The minimum Gasteiger partial charge on any atom is -0.461 e. The van der Waals surface area contributed by atoms with Crippen LogP contribution in [0.5, 0.6) is 6.01 Å². The number of piperazine rings is 1. The second kappa shape index (κ2) is 10.7. The van der Waals surface area contributed by atoms with Crippen LogP contribution in [0.3, 0.4) is 0 Å². The third kappa shape index (κ3) is 4.52. The molecule has 10 heteroatoms. The van der Waals surface area contributed by atoms with Gasteiger partial charge in [0.15, 0.2) is 5.82 Å². The van der Waals surface area contributed by atoms with E-state index in [2.05, 4.69) is 46.3 Å². The van der Waals surface area contributed by atoms with Gasteiger partial charge in [-0.15, -0.1) is 6.42 Å². The van der Waals surface area contributed by atoms with E-state index in [-0.39, 0.29) is 56.7 Å². The lowest BCUT2D eigenvalue weighted by Crippen LogP contribution is -2.52. The monoisotopic (exact) mass is 622 g/mol. The third-order valence-electron chi connectivity index (χ3n) is 10.1. The smallest absolute Gasteiger partial charge is 0.319 e. The number of ether oxygens (including phenoxy) is 1. The summed E-state index contributed by atoms with van der Waals surface area (Å²) in [5, 5.41) is 4.39. The number of hydrogen-bond donors (Lipinski definition) is 2. The highest BCUT2D eigenvalue weighted by atomic mass is 19.1. The molecular weight excluding hydrogens is 589 g/mol. The number of anilines is 2. The van der Waals surface area contributed by atoms with Gasteiger partial charge in [0.25, 0.3) is 0 Å². The quantitative estimate of drug-likeness (QED) is 0.168. The fourth-order valence-corrected chi connectivity index (χ4v) is 7.89. The molecule has 3 N–H and O–H groups in total. The van der Waals surface area contributed by atoms with E-state index >= 15 is 8.78 Å². The zero-order valence-electron chi connectivity index (χ0n) is 25.4. The zero-order chi connectivity index (χ0) is 31.7. The van der Waals surface area contributed by atoms with Crippen LogP contribution >= 0.6 is 0 Å². The van der Waals surface area contributed by atoms with Gasteiger partial charge in [0.05, 0.1) is 16.7 Å². The van der Waals surface area contributed by atoms with E-state index < -0.39 is 23.0 Å². The Labute approximate surface area is 264 Å². The largest absolute Gasteiger partial charge is 0.461 e. The van der Waals surface area contributed by atoms with Crippen molar-refractivity contribution < 1.29 is 17.9 Å². The molecule has 234 valence electrons. The molecule has 3 saturated heterocycles. The van der Waals surface area contributed by atoms with Crippen molar-refractivity contribution in [1.29, 1.82) is 0 Å². The maximum Gasteiger partial charge on any atom is 0.319 e. The van der Waals surface area contributed by atoms with Gasteiger partial charge >= 0.3 is 6.01 Å². The van der Waals surface area contributed by atoms with Crippen molar-refractivity contribution in [3.63, 3.8) is 0 Å². The molecule has 3 fully saturated rings. The predicted octanol–water partition coefficient (Wildman–Crippen LogP) is 5.71. The van der Waals surface area contributed by atoms with Gasteiger partial charge in [0.2, 0.25) is 0 Å². The van der Waals surface area contributed by atoms with Crippen LogP contribution in [-0.4, -0.2) is 65.3 Å². The minimum absolute atomic E-state index is 0.0285. The molecule has 1 aromatic heterocycles. The molecular formula is C36H33F3N6O. The first-order chi connectivity index (χ1) is 22.3. The summed E-state index contributed by atoms with van der Waals surface area (Å²) in [4.78, 5) is 13.8. The van der Waals surface area contributed by atoms with E-state index in [9.17, 15) is 4.39 Å². The third-order valence-corrected chi connectivity index (χ3v) is 10.1. The first-order valence-corrected chi connectivity index (χ1v) is 15.7. The fraction of sp³-hybridized carbons (Fsp3) is 0.333. The molecule has 0 aliphatic carbocycles. The van der Waals surface area contributed by atoms with Crippen molar-refractivity contribution in [2.75, 3.05) is 43.4 Å². The van der Waals surface area contributed by atoms with Crippen molar-refractivity contribution in [2.45, 2.75) is 43.8 Å². The van der Waals surface area contributed by atoms with E-state index in [1.54, 1.807) is 6.07 Å². The number of rotatable bonds is 5. The first kappa shape index (κ1) is 28.9. The Bertz CT molecular complexity index is 2020. The number of halogens is 3. The Balaban J connectivity index is 1.30. The molecule has 5 heterocycles. The molecule has 3 unspecified atom stereocenters. The van der Waals surface area contributed by atoms with Crippen molar-refractivity contribution in [1.82, 2.24) is 20.2 Å². The number of terminal acetylenes is 1. The number of fused-ring (bicyclic) bond motifs is 5. The molecule has 3 aromatic carbocycles. The van der Waals surface area contributed by atoms with E-state index in [0.717, 1.165) is 32.4 Å². The predicted molar refractivity (Wildman–Crippen MR) is 174 cm³/mol. The number of nitrogens with one attached hydrogen (secondary N) is 1. The average Bonchev–Trinajstić information content (AvgIpc) is 3.71. The first-order valence-electron chi connectivity index (χ1n) is 15.7. The molecule has 8 rings (SSSR count). The zero-order valence-corrected chi connectivity index (χ0v) is 25.4. The summed E-state index contributed by atoms with van der Waals surface area (Å²) in [6.45, 7) is 5.44. The number of nitrogens with zero attached hydrogens (tertiary/aromatic N) is 4. The number of benzene rings is 3. The molecule has 0 radical (unpaired) electrons. The Morgan fingerprint density at radius 3 is 2.70 bits per heavy atom. The van der Waals surface area contributed by atoms with Gasteiger partial charge in [-0.1, -0.05) is 35.8 Å². The lowest BCUT2D eigenvalue weighted by Gasteiger charge is -2.35. The number of nitrogen functional groups attached to an aromatic ring is 1. The molecule has 4 aromatic rings. The molecule has 7 nitrogen and oxygen atoms in total. The number of allylic oxidation sites excluding steroid dienone is 1. The molecule has 46 heavy (non-hydrogen) atoms. The van der Waals surface area contributed by atoms with E-state index in [1.807, 2.05) is 4.90 Å². The highest BCUT2D eigenvalue weighted by molar-refractivity contribution is 6.05. The summed E-state index contributed by atoms with van der Waals surface area (Å²) >= 11 is 0. The molecule has 0 amide bonds. The Kier molecular flexibility index (Phi) is 6.74. The Morgan fingerprint density at radius 1 is 1.13 bits per heavy atom. The van der Waals surface area contributed by atoms with Gasteiger partial charge in [0.1, 0.15) is 29.6 Å². The number of hydrogen-bond acceptors (Lipinski definition) is 7. The highest BCUT2D eigenvalue weighted by Crippen LogP contribution is 2.43. The Hall–Kier alpha value is -4.59. The average molecular weight is 623 g/mol. The molecule has 0 saturated carbocycles. The topological polar surface area (TPSA) is 79.5 Å². The second-order valence-corrected chi connectivity index (χ2v) is 12.8. The standard InChI is InChI=1S/C36H33F3N6O/c1-3-20-15-36(10-5-11-45(36)16-20)19-46-35-42-33-27(34(43-35)44-17-23-7-8-24(18-44)41-23)14-29(38)31(32(33)39)26-13-22(40)12-21-6-9-28(37)25(4-2)30(21)26/h2-3,6-9,12-14,23-24,41H,5,10-11,15-19,40H2,1H3/b20-3+. The van der Waals surface area contributed by atoms with Crippen LogP contribution in [0, 0.1) is 29.8 Å². The highest BCUT2D eigenvalue weighted by Gasteiger charge is 2.47. The van der Waals surface area contributed by atoms with Gasteiger partial charge in [-0.05, 0) is 67.9 Å². The van der Waals surface area contributed by atoms with Crippen LogP contribution in [0.4, 0.5) is 24.7 Å². The minimum atomic E-state index is -0.920. The van der Waals surface area contributed by atoms with Gasteiger partial charge in [0, 0.05) is 48.2 Å². The van der Waals surface area contributed by atoms with E-state index in [4.69, 9.17) is 21.9 Å². The summed E-state index contributed by atoms with van der Waals surface area (Å²) in [6, 6.07) is 7.19. The summed E-state index contributed by atoms with van der Waals surface area (Å²) < 4.78 is 54.4. The Morgan fingerprint density at radius 2 is 1.93 bits per heavy atom. The fourth-order valence-electron chi connectivity index (χ4n) is 7.89. The molecule has 2 bridgehead atoms. The molecule has 3 atom stereocenters. The van der Waals surface area contributed by atoms with Gasteiger partial charge in [-0.2, -0.15) is 9.97 Å². The SMILES string of the molecule is C#Cc1c(F)ccc2cc(N)cc(-c3c(F)cc4c(N5CC6C=CC(C5)N6)nc(OCC56CCCN5C/C(=C/C)C6)nc4c3F)c12. The van der Waals surface area contributed by atoms with Crippen LogP contribution in [0.1, 0.15) is 31.7 Å². The van der Waals surface area contributed by atoms with Crippen molar-refractivity contribution in [3.05, 3.63) is 77.1 Å². The van der Waals surface area contributed by atoms with Crippen molar-refractivity contribution >= 4 is 33.2 Å². The van der Waals surface area contributed by atoms with Gasteiger partial charge in [-0.25, -0.2) is 13.2 Å². The summed E-state index contributed by atoms with van der Waals surface area (Å²) in [5.41, 5.74) is 7.11. The van der Waals surface area contributed by atoms with Crippen LogP contribution in [0.2, 0.25) is 0 Å². The van der Waals surface area contributed by atoms with Crippen LogP contribution in [-0.2, 0) is 0 Å². The van der Waals surface area contributed by atoms with Crippen molar-refractivity contribution in [3.8, 4) is 29.5 Å². The molecule has 4 aliphatic rings. The molecule has 4 aliphatic heterocycles. The summed E-state index contributed by atoms with van der Waals surface area (Å²) in [7, 11) is 0. The second-order valence-electron chi connectivity index (χ2n) is 12.8. The maximum atomic E-state index is 16.9. The normalized spacial score (nSPS) is 24.8. The van der Waals surface area contributed by atoms with Crippen LogP contribution in [0.15, 0.2) is 54.1 Å². The van der Waals surface area contributed by atoms with Gasteiger partial charge < -0.3 is 20.7 Å². The van der Waals surface area contributed by atoms with Crippen molar-refractivity contribution in [2.24, 2.45) is 0 Å².